The second kappa shape index (κ2) is 7.00. The minimum atomic E-state index is -1.77. The van der Waals surface area contributed by atoms with Crippen molar-refractivity contribution in [1.29, 1.82) is 0 Å². The van der Waals surface area contributed by atoms with Crippen LogP contribution in [0.25, 0.3) is 0 Å². The molecule has 0 aromatic heterocycles. The van der Waals surface area contributed by atoms with Crippen LogP contribution in [0.4, 0.5) is 0 Å². The summed E-state index contributed by atoms with van der Waals surface area (Å²) in [5.41, 5.74) is 0. The largest absolute Gasteiger partial charge is 0.416 e. The molecule has 0 saturated carbocycles. The lowest BCUT2D eigenvalue weighted by atomic mass is 9.96. The number of carbonyl (C=O) groups is 1. The maximum Gasteiger partial charge on any atom is 0.191 e. The Morgan fingerprint density at radius 1 is 1.21 bits per heavy atom. The van der Waals surface area contributed by atoms with Crippen LogP contribution >= 0.6 is 0 Å². The molecule has 0 heterocycles. The third-order valence-corrected chi connectivity index (χ3v) is 8.73. The zero-order chi connectivity index (χ0) is 15.4. The number of hydrogen-bond acceptors (Lipinski definition) is 3. The molecule has 2 atom stereocenters. The molecule has 0 saturated heterocycles. The van der Waals surface area contributed by atoms with Gasteiger partial charge < -0.3 is 9.53 Å². The molecule has 0 radical (unpaired) electrons. The van der Waals surface area contributed by atoms with E-state index in [1.165, 1.54) is 0 Å². The van der Waals surface area contributed by atoms with Crippen LogP contribution in [0.3, 0.4) is 0 Å². The van der Waals surface area contributed by atoms with Crippen LogP contribution in [0.5, 0.6) is 0 Å². The van der Waals surface area contributed by atoms with Gasteiger partial charge in [0.15, 0.2) is 8.32 Å². The molecule has 0 unspecified atom stereocenters. The van der Waals surface area contributed by atoms with E-state index in [2.05, 4.69) is 33.9 Å². The van der Waals surface area contributed by atoms with E-state index in [1.54, 1.807) is 0 Å². The van der Waals surface area contributed by atoms with Gasteiger partial charge in [-0.3, -0.25) is 4.79 Å². The van der Waals surface area contributed by atoms with Gasteiger partial charge in [-0.1, -0.05) is 41.5 Å². The van der Waals surface area contributed by atoms with Gasteiger partial charge in [0.1, 0.15) is 5.78 Å². The second-order valence-electron chi connectivity index (χ2n) is 7.44. The van der Waals surface area contributed by atoms with Gasteiger partial charge in [-0.15, -0.1) is 0 Å². The Balaban J connectivity index is 4.32. The number of ketones is 1. The van der Waals surface area contributed by atoms with Crippen molar-refractivity contribution >= 4 is 14.1 Å². The van der Waals surface area contributed by atoms with Gasteiger partial charge in [-0.2, -0.15) is 0 Å². The molecule has 0 fully saturated rings. The Bertz CT molecular complexity index is 292. The number of aliphatic hydroxyl groups is 1. The monoisotopic (exact) mass is 288 g/mol. The van der Waals surface area contributed by atoms with Crippen LogP contribution in [0, 0.1) is 11.8 Å². The van der Waals surface area contributed by atoms with Crippen LogP contribution in [0.2, 0.25) is 18.1 Å². The smallest absolute Gasteiger partial charge is 0.191 e. The summed E-state index contributed by atoms with van der Waals surface area (Å²) in [4.78, 5) is 11.6. The van der Waals surface area contributed by atoms with Gasteiger partial charge in [-0.05, 0) is 18.1 Å². The normalized spacial score (nSPS) is 16.5. The lowest BCUT2D eigenvalue weighted by Gasteiger charge is -2.37. The fourth-order valence-corrected chi connectivity index (χ4v) is 2.42. The summed E-state index contributed by atoms with van der Waals surface area (Å²) in [5.74, 6) is 0.103. The van der Waals surface area contributed by atoms with Crippen LogP contribution in [0.1, 0.15) is 48.0 Å². The molecule has 0 rings (SSSR count). The fraction of sp³-hybridized carbons (Fsp3) is 0.933. The van der Waals surface area contributed by atoms with Gasteiger partial charge >= 0.3 is 0 Å². The standard InChI is InChI=1S/C15H32O3Si/c1-11(2)13(16)9-14(17)12(3)10-18-19(7,8)15(4,5)6/h11-12,14,17H,9-10H2,1-8H3/t12-,14+/m0/s1. The average Bonchev–Trinajstić information content (AvgIpc) is 2.23. The summed E-state index contributed by atoms with van der Waals surface area (Å²) in [6.07, 6.45) is -0.362. The van der Waals surface area contributed by atoms with Gasteiger partial charge in [0.2, 0.25) is 0 Å². The van der Waals surface area contributed by atoms with Gasteiger partial charge in [0, 0.05) is 24.9 Å². The number of Topliss-reactive ketones (excluding diaryl/α,β-unsaturated/α-hetero) is 1. The zero-order valence-corrected chi connectivity index (χ0v) is 14.9. The highest BCUT2D eigenvalue weighted by molar-refractivity contribution is 6.74. The van der Waals surface area contributed by atoms with E-state index >= 15 is 0 Å². The first kappa shape index (κ1) is 18.8. The highest BCUT2D eigenvalue weighted by atomic mass is 28.4. The van der Waals surface area contributed by atoms with Crippen LogP contribution in [-0.2, 0) is 9.22 Å². The van der Waals surface area contributed by atoms with E-state index in [9.17, 15) is 9.90 Å². The Kier molecular flexibility index (Phi) is 6.93. The summed E-state index contributed by atoms with van der Waals surface area (Å²) in [5, 5.41) is 10.2. The zero-order valence-electron chi connectivity index (χ0n) is 13.9. The molecule has 0 aromatic rings. The number of hydrogen-bond donors (Lipinski definition) is 1. The van der Waals surface area contributed by atoms with E-state index in [4.69, 9.17) is 4.43 Å². The molecular weight excluding hydrogens is 256 g/mol. The summed E-state index contributed by atoms with van der Waals surface area (Å²) in [6.45, 7) is 17.2. The Morgan fingerprint density at radius 2 is 1.68 bits per heavy atom. The summed E-state index contributed by atoms with van der Waals surface area (Å²) >= 11 is 0. The topological polar surface area (TPSA) is 46.5 Å². The van der Waals surface area contributed by atoms with Gasteiger partial charge in [0.25, 0.3) is 0 Å². The van der Waals surface area contributed by atoms with Crippen molar-refractivity contribution < 1.29 is 14.3 Å². The van der Waals surface area contributed by atoms with Crippen LogP contribution in [-0.4, -0.2) is 31.9 Å². The predicted molar refractivity (Wildman–Crippen MR) is 82.8 cm³/mol. The molecule has 3 nitrogen and oxygen atoms in total. The molecule has 0 spiro atoms. The average molecular weight is 289 g/mol. The molecule has 4 heteroatoms. The third kappa shape index (κ3) is 6.19. The minimum absolute atomic E-state index is 0.00294. The highest BCUT2D eigenvalue weighted by Gasteiger charge is 2.37. The minimum Gasteiger partial charge on any atom is -0.416 e. The third-order valence-electron chi connectivity index (χ3n) is 4.22. The maximum atomic E-state index is 11.6. The maximum absolute atomic E-state index is 11.6. The van der Waals surface area contributed by atoms with Crippen molar-refractivity contribution in [2.75, 3.05) is 6.61 Å². The first-order chi connectivity index (χ1) is 8.38. The quantitative estimate of drug-likeness (QED) is 0.728. The van der Waals surface area contributed by atoms with Crippen molar-refractivity contribution in [2.24, 2.45) is 11.8 Å². The van der Waals surface area contributed by atoms with Crippen molar-refractivity contribution in [3.05, 3.63) is 0 Å². The van der Waals surface area contributed by atoms with Crippen molar-refractivity contribution in [3.63, 3.8) is 0 Å². The first-order valence-corrected chi connectivity index (χ1v) is 10.1. The van der Waals surface area contributed by atoms with E-state index in [1.807, 2.05) is 20.8 Å². The lowest BCUT2D eigenvalue weighted by molar-refractivity contribution is -0.124. The number of aliphatic hydroxyl groups excluding tert-OH is 1. The summed E-state index contributed by atoms with van der Waals surface area (Å²) in [7, 11) is -1.77. The molecule has 1 N–H and O–H groups in total. The predicted octanol–water partition coefficient (Wildman–Crippen LogP) is 3.62. The van der Waals surface area contributed by atoms with Gasteiger partial charge in [0.05, 0.1) is 6.10 Å². The van der Waals surface area contributed by atoms with Crippen molar-refractivity contribution in [3.8, 4) is 0 Å². The molecule has 0 bridgehead atoms. The SMILES string of the molecule is CC(C)C(=O)C[C@@H](O)[C@@H](C)CO[Si](C)(C)C(C)(C)C. The first-order valence-electron chi connectivity index (χ1n) is 7.23. The Morgan fingerprint density at radius 3 is 2.05 bits per heavy atom. The molecule has 0 amide bonds. The van der Waals surface area contributed by atoms with E-state index in [-0.39, 0.29) is 29.1 Å². The molecule has 114 valence electrons. The van der Waals surface area contributed by atoms with E-state index in [0.29, 0.717) is 6.61 Å². The fourth-order valence-electron chi connectivity index (χ4n) is 1.31. The lowest BCUT2D eigenvalue weighted by Crippen LogP contribution is -2.42. The molecule has 0 aliphatic heterocycles. The number of carbonyl (C=O) groups excluding carboxylic acids is 1. The van der Waals surface area contributed by atoms with Crippen LogP contribution in [0.15, 0.2) is 0 Å². The molecule has 0 aliphatic carbocycles. The molecule has 0 aromatic carbocycles. The summed E-state index contributed by atoms with van der Waals surface area (Å²) in [6, 6.07) is 0. The van der Waals surface area contributed by atoms with E-state index < -0.39 is 14.4 Å². The summed E-state index contributed by atoms with van der Waals surface area (Å²) < 4.78 is 6.09. The van der Waals surface area contributed by atoms with Gasteiger partial charge in [-0.25, -0.2) is 0 Å². The van der Waals surface area contributed by atoms with Crippen molar-refractivity contribution in [1.82, 2.24) is 0 Å². The molecule has 19 heavy (non-hydrogen) atoms. The second-order valence-corrected chi connectivity index (χ2v) is 12.3. The van der Waals surface area contributed by atoms with Crippen LogP contribution < -0.4 is 0 Å². The Hall–Kier alpha value is -0.193. The number of rotatable bonds is 7. The van der Waals surface area contributed by atoms with Crippen molar-refractivity contribution in [2.45, 2.75) is 72.2 Å². The molecular formula is C15H32O3Si. The Labute approximate surface area is 119 Å². The van der Waals surface area contributed by atoms with E-state index in [0.717, 1.165) is 0 Å². The highest BCUT2D eigenvalue weighted by Crippen LogP contribution is 2.36. The molecule has 0 aliphatic rings.